The van der Waals surface area contributed by atoms with Crippen LogP contribution in [0.3, 0.4) is 0 Å². The average molecular weight is 421 g/mol. The molecule has 0 bridgehead atoms. The number of aromatic nitrogens is 2. The Morgan fingerprint density at radius 1 is 0.833 bits per heavy atom. The number of hydrogen-bond donors (Lipinski definition) is 0. The number of aryl methyl sites for hydroxylation is 1. The largest absolute Gasteiger partial charge is 0.369 e. The molecule has 156 valence electrons. The zero-order valence-electron chi connectivity index (χ0n) is 17.5. The molecule has 2 heterocycles. The highest BCUT2D eigenvalue weighted by Gasteiger charge is 2.32. The monoisotopic (exact) mass is 420 g/mol. The van der Waals surface area contributed by atoms with Crippen LogP contribution in [0, 0.1) is 6.92 Å². The summed E-state index contributed by atoms with van der Waals surface area (Å²) in [5, 5.41) is 5.71. The molecule has 2 aromatic carbocycles. The van der Waals surface area contributed by atoms with E-state index in [0.29, 0.717) is 12.1 Å². The van der Waals surface area contributed by atoms with E-state index in [4.69, 9.17) is 16.7 Å². The molecule has 0 unspecified atom stereocenters. The molecule has 3 aromatic rings. The molecule has 5 rings (SSSR count). The molecule has 2 fully saturated rings. The minimum atomic E-state index is 0.517. The third kappa shape index (κ3) is 4.12. The summed E-state index contributed by atoms with van der Waals surface area (Å²) in [5.41, 5.74) is 4.85. The molecule has 0 amide bonds. The predicted octanol–water partition coefficient (Wildman–Crippen LogP) is 5.43. The molecule has 2 aliphatic rings. The first kappa shape index (κ1) is 19.7. The fourth-order valence-electron chi connectivity index (χ4n) is 4.92. The van der Waals surface area contributed by atoms with Gasteiger partial charge >= 0.3 is 0 Å². The van der Waals surface area contributed by atoms with Gasteiger partial charge in [0, 0.05) is 54.7 Å². The van der Waals surface area contributed by atoms with Gasteiger partial charge in [-0.2, -0.15) is 5.10 Å². The minimum Gasteiger partial charge on any atom is -0.369 e. The fourth-order valence-corrected chi connectivity index (χ4v) is 5.05. The van der Waals surface area contributed by atoms with Gasteiger partial charge in [-0.15, -0.1) is 0 Å². The van der Waals surface area contributed by atoms with Crippen LogP contribution in [0.25, 0.3) is 11.3 Å². The van der Waals surface area contributed by atoms with E-state index in [2.05, 4.69) is 70.1 Å². The second-order valence-electron chi connectivity index (χ2n) is 8.67. The van der Waals surface area contributed by atoms with Crippen molar-refractivity contribution in [1.82, 2.24) is 14.7 Å². The number of halogens is 1. The summed E-state index contributed by atoms with van der Waals surface area (Å²) in [4.78, 5) is 5.16. The van der Waals surface area contributed by atoms with Gasteiger partial charge in [0.15, 0.2) is 0 Å². The average Bonchev–Trinajstić information content (AvgIpc) is 3.45. The van der Waals surface area contributed by atoms with E-state index in [1.807, 2.05) is 12.1 Å². The molecule has 1 saturated carbocycles. The van der Waals surface area contributed by atoms with Crippen molar-refractivity contribution in [3.8, 4) is 11.3 Å². The van der Waals surface area contributed by atoms with Crippen molar-refractivity contribution in [3.05, 3.63) is 71.4 Å². The van der Waals surface area contributed by atoms with Crippen LogP contribution in [0.15, 0.2) is 60.8 Å². The summed E-state index contributed by atoms with van der Waals surface area (Å²) in [5.74, 6) is 0. The quantitative estimate of drug-likeness (QED) is 0.562. The molecule has 0 spiro atoms. The lowest BCUT2D eigenvalue weighted by atomic mass is 10.1. The van der Waals surface area contributed by atoms with E-state index in [1.165, 1.54) is 36.1 Å². The van der Waals surface area contributed by atoms with Crippen molar-refractivity contribution in [1.29, 1.82) is 0 Å². The van der Waals surface area contributed by atoms with Gasteiger partial charge in [0.2, 0.25) is 0 Å². The first-order valence-electron chi connectivity index (χ1n) is 11.0. The topological polar surface area (TPSA) is 24.3 Å². The molecule has 2 atom stereocenters. The van der Waals surface area contributed by atoms with Gasteiger partial charge in [0.1, 0.15) is 0 Å². The van der Waals surface area contributed by atoms with Crippen LogP contribution < -0.4 is 4.90 Å². The summed E-state index contributed by atoms with van der Waals surface area (Å²) in [7, 11) is 0. The Morgan fingerprint density at radius 3 is 2.27 bits per heavy atom. The predicted molar refractivity (Wildman–Crippen MR) is 124 cm³/mol. The van der Waals surface area contributed by atoms with Crippen LogP contribution in [0.4, 0.5) is 5.69 Å². The van der Waals surface area contributed by atoms with E-state index in [9.17, 15) is 0 Å². The van der Waals surface area contributed by atoms with Crippen molar-refractivity contribution in [3.63, 3.8) is 0 Å². The highest BCUT2D eigenvalue weighted by atomic mass is 35.5. The van der Waals surface area contributed by atoms with Crippen LogP contribution >= 0.6 is 11.6 Å². The van der Waals surface area contributed by atoms with E-state index in [0.717, 1.165) is 36.9 Å². The molecular weight excluding hydrogens is 392 g/mol. The maximum atomic E-state index is 6.03. The number of piperazine rings is 1. The number of benzene rings is 2. The molecule has 4 nitrogen and oxygen atoms in total. The second kappa shape index (κ2) is 8.44. The summed E-state index contributed by atoms with van der Waals surface area (Å²) < 4.78 is 2.21. The third-order valence-electron chi connectivity index (χ3n) is 6.73. The first-order chi connectivity index (χ1) is 14.7. The second-order valence-corrected chi connectivity index (χ2v) is 9.10. The van der Waals surface area contributed by atoms with Gasteiger partial charge < -0.3 is 4.90 Å². The highest BCUT2D eigenvalue weighted by Crippen LogP contribution is 2.34. The smallest absolute Gasteiger partial charge is 0.0923 e. The van der Waals surface area contributed by atoms with Crippen molar-refractivity contribution in [2.75, 3.05) is 31.1 Å². The normalized spacial score (nSPS) is 22.5. The SMILES string of the molecule is Cc1ccc(-c2ccn([C@H]3CC[C@H](N4CCN(c5ccc(Cl)cc5)CC4)C3)n2)cc1. The van der Waals surface area contributed by atoms with Gasteiger partial charge in [-0.3, -0.25) is 9.58 Å². The zero-order chi connectivity index (χ0) is 20.5. The van der Waals surface area contributed by atoms with E-state index < -0.39 is 0 Å². The van der Waals surface area contributed by atoms with Crippen LogP contribution in [-0.2, 0) is 0 Å². The van der Waals surface area contributed by atoms with Crippen molar-refractivity contribution in [2.45, 2.75) is 38.3 Å². The van der Waals surface area contributed by atoms with Crippen LogP contribution in [0.2, 0.25) is 5.02 Å². The van der Waals surface area contributed by atoms with Gasteiger partial charge in [-0.1, -0.05) is 41.4 Å². The van der Waals surface area contributed by atoms with Gasteiger partial charge in [-0.05, 0) is 56.5 Å². The Morgan fingerprint density at radius 2 is 1.53 bits per heavy atom. The molecule has 1 saturated heterocycles. The molecule has 5 heteroatoms. The molecule has 0 N–H and O–H groups in total. The van der Waals surface area contributed by atoms with Crippen LogP contribution in [0.1, 0.15) is 30.9 Å². The van der Waals surface area contributed by atoms with Crippen molar-refractivity contribution >= 4 is 17.3 Å². The molecule has 1 aromatic heterocycles. The summed E-state index contributed by atoms with van der Waals surface area (Å²) in [6.45, 7) is 6.56. The maximum absolute atomic E-state index is 6.03. The summed E-state index contributed by atoms with van der Waals surface area (Å²) in [6, 6.07) is 20.2. The lowest BCUT2D eigenvalue weighted by Crippen LogP contribution is -2.49. The summed E-state index contributed by atoms with van der Waals surface area (Å²) >= 11 is 6.03. The van der Waals surface area contributed by atoms with E-state index in [1.54, 1.807) is 0 Å². The van der Waals surface area contributed by atoms with Crippen molar-refractivity contribution in [2.24, 2.45) is 0 Å². The Bertz CT molecular complexity index is 971. The van der Waals surface area contributed by atoms with Gasteiger partial charge in [0.25, 0.3) is 0 Å². The molecule has 1 aliphatic carbocycles. The Hall–Kier alpha value is -2.30. The molecule has 30 heavy (non-hydrogen) atoms. The van der Waals surface area contributed by atoms with Gasteiger partial charge in [0.05, 0.1) is 11.7 Å². The van der Waals surface area contributed by atoms with Crippen molar-refractivity contribution < 1.29 is 0 Å². The number of rotatable bonds is 4. The number of hydrogen-bond acceptors (Lipinski definition) is 3. The Kier molecular flexibility index (Phi) is 5.53. The first-order valence-corrected chi connectivity index (χ1v) is 11.4. The highest BCUT2D eigenvalue weighted by molar-refractivity contribution is 6.30. The van der Waals surface area contributed by atoms with Crippen LogP contribution in [0.5, 0.6) is 0 Å². The fraction of sp³-hybridized carbons (Fsp3) is 0.400. The number of anilines is 1. The summed E-state index contributed by atoms with van der Waals surface area (Å²) in [6.07, 6.45) is 5.86. The van der Waals surface area contributed by atoms with Crippen LogP contribution in [-0.4, -0.2) is 46.9 Å². The Balaban J connectivity index is 1.18. The molecular formula is C25H29ClN4. The van der Waals surface area contributed by atoms with Gasteiger partial charge in [-0.25, -0.2) is 0 Å². The minimum absolute atomic E-state index is 0.517. The maximum Gasteiger partial charge on any atom is 0.0923 e. The Labute approximate surface area is 184 Å². The molecule has 1 aliphatic heterocycles. The third-order valence-corrected chi connectivity index (χ3v) is 6.98. The van der Waals surface area contributed by atoms with E-state index >= 15 is 0 Å². The lowest BCUT2D eigenvalue weighted by Gasteiger charge is -2.39. The number of nitrogens with zero attached hydrogens (tertiary/aromatic N) is 4. The molecule has 0 radical (unpaired) electrons. The standard InChI is InChI=1S/C25H29ClN4/c1-19-2-4-20(5-3-19)25-12-13-30(27-25)24-11-10-23(18-24)29-16-14-28(15-17-29)22-8-6-21(26)7-9-22/h2-9,12-13,23-24H,10-11,14-18H2,1H3/t23-,24-/m0/s1. The zero-order valence-corrected chi connectivity index (χ0v) is 18.3. The lowest BCUT2D eigenvalue weighted by molar-refractivity contribution is 0.183. The van der Waals surface area contributed by atoms with E-state index in [-0.39, 0.29) is 0 Å².